The Hall–Kier alpha value is -1.75. The van der Waals surface area contributed by atoms with Crippen LogP contribution in [-0.4, -0.2) is 42.8 Å². The Labute approximate surface area is 125 Å². The zero-order chi connectivity index (χ0) is 15.4. The molecule has 1 aliphatic carbocycles. The van der Waals surface area contributed by atoms with Crippen LogP contribution in [0.4, 0.5) is 0 Å². The van der Waals surface area contributed by atoms with Crippen molar-refractivity contribution in [3.8, 4) is 11.5 Å². The van der Waals surface area contributed by atoms with Crippen LogP contribution >= 0.6 is 0 Å². The number of hydrogen-bond donors (Lipinski definition) is 1. The largest absolute Gasteiger partial charge is 0.493 e. The molecule has 1 atom stereocenters. The summed E-state index contributed by atoms with van der Waals surface area (Å²) < 4.78 is 10.6. The molecule has 0 amide bonds. The van der Waals surface area contributed by atoms with Crippen LogP contribution in [-0.2, 0) is 4.79 Å². The maximum atomic E-state index is 10.8. The third-order valence-electron chi connectivity index (χ3n) is 3.99. The SMILES string of the molecule is COc1ccc(C(C)N(CCC(=O)O)C2CC2)cc1OC. The van der Waals surface area contributed by atoms with Gasteiger partial charge in [-0.15, -0.1) is 0 Å². The van der Waals surface area contributed by atoms with Gasteiger partial charge in [0.15, 0.2) is 11.5 Å². The highest BCUT2D eigenvalue weighted by Crippen LogP contribution is 2.37. The molecule has 116 valence electrons. The molecule has 2 rings (SSSR count). The molecule has 5 nitrogen and oxygen atoms in total. The summed E-state index contributed by atoms with van der Waals surface area (Å²) in [5.41, 5.74) is 1.12. The van der Waals surface area contributed by atoms with Crippen LogP contribution < -0.4 is 9.47 Å². The third-order valence-corrected chi connectivity index (χ3v) is 3.99. The van der Waals surface area contributed by atoms with E-state index in [0.29, 0.717) is 24.1 Å². The summed E-state index contributed by atoms with van der Waals surface area (Å²) in [5.74, 6) is 0.660. The lowest BCUT2D eigenvalue weighted by Gasteiger charge is -2.29. The molecule has 1 fully saturated rings. The number of carboxylic acids is 1. The van der Waals surface area contributed by atoms with Gasteiger partial charge in [-0.25, -0.2) is 0 Å². The Kier molecular flexibility index (Phi) is 5.07. The first-order valence-corrected chi connectivity index (χ1v) is 7.26. The van der Waals surface area contributed by atoms with Crippen molar-refractivity contribution in [2.75, 3.05) is 20.8 Å². The van der Waals surface area contributed by atoms with Gasteiger partial charge in [0.1, 0.15) is 0 Å². The number of benzene rings is 1. The number of rotatable bonds is 8. The van der Waals surface area contributed by atoms with Crippen LogP contribution in [0.25, 0.3) is 0 Å². The van der Waals surface area contributed by atoms with Crippen LogP contribution in [0.15, 0.2) is 18.2 Å². The number of ether oxygens (including phenoxy) is 2. The molecule has 5 heteroatoms. The van der Waals surface area contributed by atoms with Gasteiger partial charge in [-0.2, -0.15) is 0 Å². The third kappa shape index (κ3) is 3.88. The average Bonchev–Trinajstić information content (AvgIpc) is 3.31. The Morgan fingerprint density at radius 1 is 1.33 bits per heavy atom. The molecule has 0 spiro atoms. The van der Waals surface area contributed by atoms with E-state index in [2.05, 4.69) is 11.8 Å². The molecular weight excluding hydrogens is 270 g/mol. The first kappa shape index (κ1) is 15.6. The second-order valence-corrected chi connectivity index (χ2v) is 5.40. The summed E-state index contributed by atoms with van der Waals surface area (Å²) in [6.07, 6.45) is 2.47. The maximum Gasteiger partial charge on any atom is 0.304 e. The number of hydrogen-bond acceptors (Lipinski definition) is 4. The van der Waals surface area contributed by atoms with Crippen LogP contribution in [0.5, 0.6) is 11.5 Å². The topological polar surface area (TPSA) is 59.0 Å². The van der Waals surface area contributed by atoms with Crippen molar-refractivity contribution in [2.45, 2.75) is 38.3 Å². The molecule has 1 unspecified atom stereocenters. The molecular formula is C16H23NO4. The second-order valence-electron chi connectivity index (χ2n) is 5.40. The van der Waals surface area contributed by atoms with Crippen molar-refractivity contribution < 1.29 is 19.4 Å². The van der Waals surface area contributed by atoms with Crippen molar-refractivity contribution in [2.24, 2.45) is 0 Å². The quantitative estimate of drug-likeness (QED) is 0.798. The van der Waals surface area contributed by atoms with Crippen molar-refractivity contribution >= 4 is 5.97 Å². The second kappa shape index (κ2) is 6.80. The molecule has 0 aromatic heterocycles. The van der Waals surface area contributed by atoms with Gasteiger partial charge in [0.2, 0.25) is 0 Å². The van der Waals surface area contributed by atoms with Crippen LogP contribution in [0.2, 0.25) is 0 Å². The first-order chi connectivity index (χ1) is 10.1. The van der Waals surface area contributed by atoms with Gasteiger partial charge in [0, 0.05) is 18.6 Å². The summed E-state index contributed by atoms with van der Waals surface area (Å²) in [7, 11) is 3.24. The Morgan fingerprint density at radius 3 is 2.52 bits per heavy atom. The highest BCUT2D eigenvalue weighted by molar-refractivity contribution is 5.66. The van der Waals surface area contributed by atoms with Gasteiger partial charge < -0.3 is 14.6 Å². The minimum Gasteiger partial charge on any atom is -0.493 e. The number of nitrogens with zero attached hydrogens (tertiary/aromatic N) is 1. The van der Waals surface area contributed by atoms with E-state index >= 15 is 0 Å². The molecule has 1 aliphatic rings. The highest BCUT2D eigenvalue weighted by Gasteiger charge is 2.33. The van der Waals surface area contributed by atoms with Gasteiger partial charge in [-0.3, -0.25) is 9.69 Å². The lowest BCUT2D eigenvalue weighted by Crippen LogP contribution is -2.31. The number of carbonyl (C=O) groups is 1. The molecule has 1 aromatic carbocycles. The fourth-order valence-electron chi connectivity index (χ4n) is 2.63. The van der Waals surface area contributed by atoms with Crippen LogP contribution in [0.1, 0.15) is 37.8 Å². The zero-order valence-corrected chi connectivity index (χ0v) is 12.8. The van der Waals surface area contributed by atoms with Gasteiger partial charge in [0.25, 0.3) is 0 Å². The average molecular weight is 293 g/mol. The first-order valence-electron chi connectivity index (χ1n) is 7.26. The molecule has 0 radical (unpaired) electrons. The monoisotopic (exact) mass is 293 g/mol. The zero-order valence-electron chi connectivity index (χ0n) is 12.8. The van der Waals surface area contributed by atoms with Crippen molar-refractivity contribution in [1.82, 2.24) is 4.90 Å². The fourth-order valence-corrected chi connectivity index (χ4v) is 2.63. The van der Waals surface area contributed by atoms with Gasteiger partial charge in [-0.1, -0.05) is 6.07 Å². The predicted octanol–water partition coefficient (Wildman–Crippen LogP) is 2.70. The highest BCUT2D eigenvalue weighted by atomic mass is 16.5. The van der Waals surface area contributed by atoms with E-state index in [-0.39, 0.29) is 12.5 Å². The van der Waals surface area contributed by atoms with E-state index in [4.69, 9.17) is 14.6 Å². The number of carboxylic acid groups (broad SMARTS) is 1. The number of methoxy groups -OCH3 is 2. The molecule has 1 N–H and O–H groups in total. The molecule has 1 saturated carbocycles. The summed E-state index contributed by atoms with van der Waals surface area (Å²) >= 11 is 0. The maximum absolute atomic E-state index is 10.8. The van der Waals surface area contributed by atoms with Gasteiger partial charge in [0.05, 0.1) is 20.6 Å². The Balaban J connectivity index is 2.15. The van der Waals surface area contributed by atoms with Crippen molar-refractivity contribution in [3.05, 3.63) is 23.8 Å². The molecule has 0 bridgehead atoms. The smallest absolute Gasteiger partial charge is 0.304 e. The van der Waals surface area contributed by atoms with Gasteiger partial charge in [-0.05, 0) is 37.5 Å². The lowest BCUT2D eigenvalue weighted by atomic mass is 10.1. The Morgan fingerprint density at radius 2 is 2.00 bits per heavy atom. The van der Waals surface area contributed by atoms with Crippen LogP contribution in [0.3, 0.4) is 0 Å². The normalized spacial score (nSPS) is 15.8. The number of aliphatic carboxylic acids is 1. The van der Waals surface area contributed by atoms with E-state index in [9.17, 15) is 4.79 Å². The fraction of sp³-hybridized carbons (Fsp3) is 0.562. The molecule has 0 aliphatic heterocycles. The summed E-state index contributed by atoms with van der Waals surface area (Å²) in [5, 5.41) is 8.90. The minimum absolute atomic E-state index is 0.164. The van der Waals surface area contributed by atoms with Crippen molar-refractivity contribution in [1.29, 1.82) is 0 Å². The molecule has 21 heavy (non-hydrogen) atoms. The summed E-state index contributed by atoms with van der Waals surface area (Å²) in [6.45, 7) is 2.69. The van der Waals surface area contributed by atoms with E-state index in [1.54, 1.807) is 14.2 Å². The lowest BCUT2D eigenvalue weighted by molar-refractivity contribution is -0.137. The molecule has 1 aromatic rings. The van der Waals surface area contributed by atoms with Crippen molar-refractivity contribution in [3.63, 3.8) is 0 Å². The Bertz CT molecular complexity index is 499. The summed E-state index contributed by atoms with van der Waals surface area (Å²) in [6, 6.07) is 6.55. The van der Waals surface area contributed by atoms with E-state index in [1.165, 1.54) is 0 Å². The molecule has 0 heterocycles. The van der Waals surface area contributed by atoms with E-state index < -0.39 is 5.97 Å². The van der Waals surface area contributed by atoms with E-state index in [0.717, 1.165) is 18.4 Å². The van der Waals surface area contributed by atoms with E-state index in [1.807, 2.05) is 18.2 Å². The predicted molar refractivity (Wildman–Crippen MR) is 79.9 cm³/mol. The van der Waals surface area contributed by atoms with Gasteiger partial charge >= 0.3 is 5.97 Å². The molecule has 0 saturated heterocycles. The summed E-state index contributed by atoms with van der Waals surface area (Å²) in [4.78, 5) is 13.1. The van der Waals surface area contributed by atoms with Crippen LogP contribution in [0, 0.1) is 0 Å². The standard InChI is InChI=1S/C16H23NO4/c1-11(17(13-5-6-13)9-8-16(18)19)12-4-7-14(20-2)15(10-12)21-3/h4,7,10-11,13H,5-6,8-9H2,1-3H3,(H,18,19). The minimum atomic E-state index is -0.750.